The highest BCUT2D eigenvalue weighted by atomic mass is 79.9. The van der Waals surface area contributed by atoms with Gasteiger partial charge >= 0.3 is 0 Å². The summed E-state index contributed by atoms with van der Waals surface area (Å²) in [6, 6.07) is 12.9. The number of phenolic OH excluding ortho intramolecular Hbond substituents is 1. The van der Waals surface area contributed by atoms with Crippen LogP contribution >= 0.6 is 15.9 Å². The first-order valence-electron chi connectivity index (χ1n) is 10.7. The van der Waals surface area contributed by atoms with E-state index in [1.165, 1.54) is 22.8 Å². The van der Waals surface area contributed by atoms with Crippen LogP contribution in [0, 0.1) is 0 Å². The van der Waals surface area contributed by atoms with Gasteiger partial charge in [0.05, 0.1) is 13.0 Å². The van der Waals surface area contributed by atoms with Gasteiger partial charge in [-0.05, 0) is 53.6 Å². The maximum atomic E-state index is 11.1. The lowest BCUT2D eigenvalue weighted by molar-refractivity contribution is -0.679. The Labute approximate surface area is 188 Å². The van der Waals surface area contributed by atoms with Crippen LogP contribution < -0.4 is 4.57 Å². The van der Waals surface area contributed by atoms with E-state index in [4.69, 9.17) is 0 Å². The maximum absolute atomic E-state index is 11.1. The van der Waals surface area contributed by atoms with E-state index < -0.39 is 0 Å². The van der Waals surface area contributed by atoms with E-state index >= 15 is 0 Å². The van der Waals surface area contributed by atoms with Crippen molar-refractivity contribution in [3.63, 3.8) is 0 Å². The first kappa shape index (κ1) is 21.2. The van der Waals surface area contributed by atoms with Gasteiger partial charge in [-0.1, -0.05) is 57.5 Å². The van der Waals surface area contributed by atoms with Gasteiger partial charge in [-0.15, -0.1) is 0 Å². The van der Waals surface area contributed by atoms with Crippen molar-refractivity contribution >= 4 is 15.9 Å². The molecule has 0 unspecified atom stereocenters. The Hall–Kier alpha value is -2.07. The smallest absolute Gasteiger partial charge is 0.262 e. The topological polar surface area (TPSA) is 29.0 Å². The summed E-state index contributed by atoms with van der Waals surface area (Å²) in [5.41, 5.74) is 5.33. The zero-order chi connectivity index (χ0) is 21.8. The van der Waals surface area contributed by atoms with E-state index in [0.29, 0.717) is 5.75 Å². The summed E-state index contributed by atoms with van der Waals surface area (Å²) in [4.78, 5) is 0. The fraction of sp³-hybridized carbons (Fsp3) is 0.423. The third-order valence-electron chi connectivity index (χ3n) is 6.04. The van der Waals surface area contributed by atoms with Gasteiger partial charge in [0, 0.05) is 21.2 Å². The number of benzene rings is 2. The van der Waals surface area contributed by atoms with Gasteiger partial charge in [-0.2, -0.15) is 4.57 Å². The summed E-state index contributed by atoms with van der Waals surface area (Å²) < 4.78 is 5.87. The van der Waals surface area contributed by atoms with Crippen LogP contribution in [-0.2, 0) is 23.8 Å². The molecule has 1 aliphatic heterocycles. The molecule has 158 valence electrons. The normalized spacial score (nSPS) is 14.2. The SMILES string of the molecule is CC(C)(C)c1cc(-c2cn(-c3ccc(Br)cc3)c3[n+]2CCC3)cc(C(C)(C)C)c1O. The van der Waals surface area contributed by atoms with E-state index in [1.807, 2.05) is 0 Å². The number of aromatic nitrogens is 2. The molecular formula is C26H32BrN2O+. The minimum absolute atomic E-state index is 0.137. The molecule has 30 heavy (non-hydrogen) atoms. The van der Waals surface area contributed by atoms with Gasteiger partial charge < -0.3 is 5.11 Å². The molecule has 0 bridgehead atoms. The van der Waals surface area contributed by atoms with Crippen molar-refractivity contribution in [1.82, 2.24) is 4.57 Å². The Balaban J connectivity index is 1.95. The van der Waals surface area contributed by atoms with E-state index in [-0.39, 0.29) is 10.8 Å². The Morgan fingerprint density at radius 2 is 1.50 bits per heavy atom. The number of fused-ring (bicyclic) bond motifs is 1. The Kier molecular flexibility index (Phi) is 5.13. The number of phenols is 1. The molecular weight excluding hydrogens is 436 g/mol. The summed E-state index contributed by atoms with van der Waals surface area (Å²) in [6.45, 7) is 14.0. The second kappa shape index (κ2) is 7.26. The summed E-state index contributed by atoms with van der Waals surface area (Å²) in [5, 5.41) is 11.1. The van der Waals surface area contributed by atoms with Crippen molar-refractivity contribution in [2.75, 3.05) is 0 Å². The van der Waals surface area contributed by atoms with Gasteiger partial charge in [0.2, 0.25) is 0 Å². The second-order valence-electron chi connectivity index (χ2n) is 10.5. The molecule has 1 aliphatic rings. The highest BCUT2D eigenvalue weighted by molar-refractivity contribution is 9.10. The molecule has 2 aromatic carbocycles. The van der Waals surface area contributed by atoms with Crippen molar-refractivity contribution in [3.8, 4) is 22.7 Å². The summed E-state index contributed by atoms with van der Waals surface area (Å²) in [7, 11) is 0. The van der Waals surface area contributed by atoms with E-state index in [9.17, 15) is 5.11 Å². The molecule has 3 aromatic rings. The number of nitrogens with zero attached hydrogens (tertiary/aromatic N) is 2. The minimum atomic E-state index is -0.137. The summed E-state index contributed by atoms with van der Waals surface area (Å²) in [6.07, 6.45) is 4.51. The summed E-state index contributed by atoms with van der Waals surface area (Å²) >= 11 is 3.54. The van der Waals surface area contributed by atoms with Crippen molar-refractivity contribution < 1.29 is 9.67 Å². The Morgan fingerprint density at radius 1 is 0.933 bits per heavy atom. The molecule has 0 radical (unpaired) electrons. The van der Waals surface area contributed by atoms with Gasteiger partial charge in [-0.25, -0.2) is 4.57 Å². The summed E-state index contributed by atoms with van der Waals surface area (Å²) in [5.74, 6) is 1.78. The van der Waals surface area contributed by atoms with Gasteiger partial charge in [0.25, 0.3) is 5.82 Å². The minimum Gasteiger partial charge on any atom is -0.507 e. The van der Waals surface area contributed by atoms with Gasteiger partial charge in [-0.3, -0.25) is 0 Å². The second-order valence-corrected chi connectivity index (χ2v) is 11.4. The molecule has 0 saturated heterocycles. The zero-order valence-electron chi connectivity index (χ0n) is 18.9. The van der Waals surface area contributed by atoms with Crippen LogP contribution in [0.15, 0.2) is 47.1 Å². The third-order valence-corrected chi connectivity index (χ3v) is 6.57. The molecule has 4 heteroatoms. The molecule has 0 aliphatic carbocycles. The molecule has 0 saturated carbocycles. The number of halogens is 1. The quantitative estimate of drug-likeness (QED) is 0.431. The molecule has 0 fully saturated rings. The fourth-order valence-corrected chi connectivity index (χ4v) is 4.68. The Bertz CT molecular complexity index is 1060. The zero-order valence-corrected chi connectivity index (χ0v) is 20.5. The van der Waals surface area contributed by atoms with Crippen LogP contribution in [0.2, 0.25) is 0 Å². The number of hydrogen-bond acceptors (Lipinski definition) is 1. The van der Waals surface area contributed by atoms with Gasteiger partial charge in [0.1, 0.15) is 17.6 Å². The van der Waals surface area contributed by atoms with Crippen LogP contribution in [0.3, 0.4) is 0 Å². The number of hydrogen-bond donors (Lipinski definition) is 1. The van der Waals surface area contributed by atoms with Crippen LogP contribution in [0.5, 0.6) is 5.75 Å². The average Bonchev–Trinajstić information content (AvgIpc) is 3.23. The Morgan fingerprint density at radius 3 is 2.03 bits per heavy atom. The fourth-order valence-electron chi connectivity index (χ4n) is 4.42. The maximum Gasteiger partial charge on any atom is 0.262 e. The number of rotatable bonds is 2. The lowest BCUT2D eigenvalue weighted by atomic mass is 9.78. The van der Waals surface area contributed by atoms with Gasteiger partial charge in [0.15, 0.2) is 5.69 Å². The standard InChI is InChI=1S/C26H31BrN2O/c1-25(2,3)20-14-17(15-21(24(20)30)26(4,5)6)22-16-29(23-8-7-13-28(22)23)19-11-9-18(27)10-12-19/h9-12,14-16H,7-8,13H2,1-6H3/p+1. The van der Waals surface area contributed by atoms with Crippen molar-refractivity contribution in [1.29, 1.82) is 0 Å². The first-order chi connectivity index (χ1) is 14.0. The van der Waals surface area contributed by atoms with Crippen molar-refractivity contribution in [2.45, 2.75) is 71.8 Å². The van der Waals surface area contributed by atoms with Crippen molar-refractivity contribution in [3.05, 3.63) is 64.0 Å². The predicted molar refractivity (Wildman–Crippen MR) is 126 cm³/mol. The average molecular weight is 468 g/mol. The molecule has 0 atom stereocenters. The third kappa shape index (κ3) is 3.71. The largest absolute Gasteiger partial charge is 0.507 e. The van der Waals surface area contributed by atoms with E-state index in [1.54, 1.807) is 0 Å². The first-order valence-corrected chi connectivity index (χ1v) is 11.5. The molecule has 4 rings (SSSR count). The molecule has 0 amide bonds. The van der Waals surface area contributed by atoms with Crippen LogP contribution in [0.1, 0.15) is 64.9 Å². The highest BCUT2D eigenvalue weighted by Gasteiger charge is 2.32. The van der Waals surface area contributed by atoms with E-state index in [0.717, 1.165) is 35.0 Å². The highest BCUT2D eigenvalue weighted by Crippen LogP contribution is 2.42. The molecule has 2 heterocycles. The lowest BCUT2D eigenvalue weighted by Gasteiger charge is -2.28. The number of aromatic hydroxyl groups is 1. The van der Waals surface area contributed by atoms with Crippen molar-refractivity contribution in [2.24, 2.45) is 0 Å². The van der Waals surface area contributed by atoms with Crippen LogP contribution in [0.4, 0.5) is 0 Å². The van der Waals surface area contributed by atoms with Crippen LogP contribution in [0.25, 0.3) is 16.9 Å². The molecule has 1 aromatic heterocycles. The monoisotopic (exact) mass is 467 g/mol. The predicted octanol–water partition coefficient (Wildman–Crippen LogP) is 6.44. The lowest BCUT2D eigenvalue weighted by Crippen LogP contribution is -2.34. The van der Waals surface area contributed by atoms with E-state index in [2.05, 4.69) is 109 Å². The molecule has 3 nitrogen and oxygen atoms in total. The molecule has 0 spiro atoms. The number of imidazole rings is 1. The van der Waals surface area contributed by atoms with Crippen LogP contribution in [-0.4, -0.2) is 9.67 Å². The molecule has 1 N–H and O–H groups in total.